The monoisotopic (exact) mass is 424 g/mol. The van der Waals surface area contributed by atoms with E-state index in [1.807, 2.05) is 6.08 Å². The van der Waals surface area contributed by atoms with Crippen LogP contribution in [0.4, 0.5) is 0 Å². The van der Waals surface area contributed by atoms with Crippen molar-refractivity contribution in [2.45, 2.75) is 96.7 Å². The number of hydrogen-bond acceptors (Lipinski definition) is 5. The van der Waals surface area contributed by atoms with Crippen LogP contribution in [0, 0.1) is 11.8 Å². The van der Waals surface area contributed by atoms with Gasteiger partial charge in [0.2, 0.25) is 0 Å². The van der Waals surface area contributed by atoms with E-state index in [-0.39, 0.29) is 18.8 Å². The maximum atomic E-state index is 12.2. The molecule has 6 heteroatoms. The van der Waals surface area contributed by atoms with Crippen LogP contribution in [0.25, 0.3) is 0 Å². The summed E-state index contributed by atoms with van der Waals surface area (Å²) in [5, 5.41) is 29.6. The molecule has 0 aromatic rings. The first-order chi connectivity index (χ1) is 14.3. The molecule has 30 heavy (non-hydrogen) atoms. The van der Waals surface area contributed by atoms with Crippen molar-refractivity contribution in [3.8, 4) is 0 Å². The van der Waals surface area contributed by atoms with E-state index in [0.29, 0.717) is 30.8 Å². The number of carboxylic acid groups (broad SMARTS) is 1. The fourth-order valence-electron chi connectivity index (χ4n) is 4.15. The lowest BCUT2D eigenvalue weighted by Gasteiger charge is -2.17. The van der Waals surface area contributed by atoms with Gasteiger partial charge in [-0.05, 0) is 31.6 Å². The fraction of sp³-hybridized carbons (Fsp3) is 0.750. The van der Waals surface area contributed by atoms with Crippen LogP contribution in [0.1, 0.15) is 84.5 Å². The summed E-state index contributed by atoms with van der Waals surface area (Å²) in [6.45, 7) is 4.30. The van der Waals surface area contributed by atoms with Gasteiger partial charge in [-0.2, -0.15) is 0 Å². The summed E-state index contributed by atoms with van der Waals surface area (Å²) in [5.41, 5.74) is 1.42. The number of carbonyl (C=O) groups excluding carboxylic acids is 1. The van der Waals surface area contributed by atoms with Gasteiger partial charge < -0.3 is 20.1 Å². The van der Waals surface area contributed by atoms with Crippen LogP contribution in [-0.4, -0.2) is 46.6 Å². The molecule has 0 radical (unpaired) electrons. The van der Waals surface area contributed by atoms with E-state index < -0.39 is 24.1 Å². The predicted molar refractivity (Wildman–Crippen MR) is 117 cm³/mol. The van der Waals surface area contributed by atoms with Gasteiger partial charge in [0.1, 0.15) is 0 Å². The molecule has 4 atom stereocenters. The molecule has 0 aromatic heterocycles. The van der Waals surface area contributed by atoms with Gasteiger partial charge >= 0.3 is 11.9 Å². The number of hydrogen-bond donors (Lipinski definition) is 3. The number of aliphatic carboxylic acids is 1. The first-order valence-corrected chi connectivity index (χ1v) is 11.4. The molecule has 6 nitrogen and oxygen atoms in total. The van der Waals surface area contributed by atoms with E-state index in [0.717, 1.165) is 44.1 Å². The molecule has 0 aromatic carbocycles. The van der Waals surface area contributed by atoms with E-state index >= 15 is 0 Å². The Kier molecular flexibility index (Phi) is 12.6. The highest BCUT2D eigenvalue weighted by atomic mass is 16.5. The van der Waals surface area contributed by atoms with Gasteiger partial charge in [-0.25, -0.2) is 4.79 Å². The molecule has 0 fully saturated rings. The lowest BCUT2D eigenvalue weighted by Crippen LogP contribution is -2.16. The third kappa shape index (κ3) is 9.43. The summed E-state index contributed by atoms with van der Waals surface area (Å²) in [6.07, 6.45) is 10.7. The van der Waals surface area contributed by atoms with Crippen LogP contribution in [0.2, 0.25) is 0 Å². The van der Waals surface area contributed by atoms with E-state index in [4.69, 9.17) is 9.84 Å². The minimum atomic E-state index is -0.780. The average Bonchev–Trinajstić information content (AvgIpc) is 3.01. The number of rotatable bonds is 15. The molecule has 0 bridgehead atoms. The number of aliphatic hydroxyl groups excluding tert-OH is 2. The summed E-state index contributed by atoms with van der Waals surface area (Å²) in [6, 6.07) is 0. The average molecular weight is 425 g/mol. The fourth-order valence-corrected chi connectivity index (χ4v) is 4.15. The van der Waals surface area contributed by atoms with Gasteiger partial charge in [0.05, 0.1) is 19.3 Å². The number of carbonyl (C=O) groups is 2. The van der Waals surface area contributed by atoms with Gasteiger partial charge in [-0.3, -0.25) is 4.79 Å². The van der Waals surface area contributed by atoms with Crippen LogP contribution < -0.4 is 0 Å². The Labute approximate surface area is 181 Å². The van der Waals surface area contributed by atoms with Crippen LogP contribution >= 0.6 is 0 Å². The molecule has 1 aliphatic rings. The first-order valence-electron chi connectivity index (χ1n) is 11.4. The molecule has 1 rings (SSSR count). The van der Waals surface area contributed by atoms with E-state index in [1.165, 1.54) is 7.11 Å². The van der Waals surface area contributed by atoms with Crippen molar-refractivity contribution in [3.05, 3.63) is 23.3 Å². The van der Waals surface area contributed by atoms with Crippen molar-refractivity contribution in [3.63, 3.8) is 0 Å². The highest BCUT2D eigenvalue weighted by molar-refractivity contribution is 5.90. The van der Waals surface area contributed by atoms with Crippen LogP contribution in [-0.2, 0) is 14.3 Å². The summed E-state index contributed by atoms with van der Waals surface area (Å²) >= 11 is 0. The topological polar surface area (TPSA) is 104 Å². The molecular formula is C24H40O6. The molecule has 0 amide bonds. The number of carboxylic acids is 1. The van der Waals surface area contributed by atoms with Crippen molar-refractivity contribution >= 4 is 11.9 Å². The minimum Gasteiger partial charge on any atom is -0.481 e. The van der Waals surface area contributed by atoms with Crippen molar-refractivity contribution < 1.29 is 29.6 Å². The third-order valence-corrected chi connectivity index (χ3v) is 5.87. The second kappa shape index (κ2) is 14.4. The number of methoxy groups -OCH3 is 1. The highest BCUT2D eigenvalue weighted by Gasteiger charge is 2.35. The van der Waals surface area contributed by atoms with Gasteiger partial charge in [-0.1, -0.05) is 63.7 Å². The lowest BCUT2D eigenvalue weighted by molar-refractivity contribution is -0.137. The Hall–Kier alpha value is -1.66. The molecular weight excluding hydrogens is 384 g/mol. The largest absolute Gasteiger partial charge is 0.481 e. The van der Waals surface area contributed by atoms with E-state index in [9.17, 15) is 19.8 Å². The normalized spacial score (nSPS) is 21.2. The Balaban J connectivity index is 2.72. The molecule has 3 N–H and O–H groups in total. The highest BCUT2D eigenvalue weighted by Crippen LogP contribution is 2.37. The van der Waals surface area contributed by atoms with Crippen LogP contribution in [0.3, 0.4) is 0 Å². The standard InChI is InChI=1S/C24H40O6/c1-4-5-10-17(2)15-18(25)13-14-20-19(11-8-6-7-9-12-23(27)28)21(16-22(20)26)24(29)30-3/h13-14,17-18,20,22,25-26H,4-12,15-16H2,1-3H3,(H,27,28)/t17-,18-,20-,22-/m1/s1. The second-order valence-corrected chi connectivity index (χ2v) is 8.54. The van der Waals surface area contributed by atoms with Crippen molar-refractivity contribution in [2.24, 2.45) is 11.8 Å². The molecule has 172 valence electrons. The Bertz CT molecular complexity index is 595. The Morgan fingerprint density at radius 3 is 2.53 bits per heavy atom. The smallest absolute Gasteiger partial charge is 0.333 e. The molecule has 0 saturated carbocycles. The zero-order valence-electron chi connectivity index (χ0n) is 18.8. The first kappa shape index (κ1) is 26.4. The van der Waals surface area contributed by atoms with E-state index in [1.54, 1.807) is 6.08 Å². The summed E-state index contributed by atoms with van der Waals surface area (Å²) in [5.74, 6) is -1.04. The summed E-state index contributed by atoms with van der Waals surface area (Å²) < 4.78 is 4.90. The molecule has 0 aliphatic heterocycles. The Morgan fingerprint density at radius 1 is 1.20 bits per heavy atom. The van der Waals surface area contributed by atoms with Crippen molar-refractivity contribution in [1.82, 2.24) is 0 Å². The zero-order valence-corrected chi connectivity index (χ0v) is 18.8. The number of aliphatic hydroxyl groups is 2. The predicted octanol–water partition coefficient (Wildman–Crippen LogP) is 4.40. The van der Waals surface area contributed by atoms with Crippen LogP contribution in [0.15, 0.2) is 23.3 Å². The Morgan fingerprint density at radius 2 is 1.90 bits per heavy atom. The number of esters is 1. The lowest BCUT2D eigenvalue weighted by atomic mass is 9.91. The van der Waals surface area contributed by atoms with Crippen LogP contribution in [0.5, 0.6) is 0 Å². The maximum absolute atomic E-state index is 12.2. The summed E-state index contributed by atoms with van der Waals surface area (Å²) in [4.78, 5) is 22.8. The molecule has 0 saturated heterocycles. The van der Waals surface area contributed by atoms with Crippen molar-refractivity contribution in [1.29, 1.82) is 0 Å². The zero-order chi connectivity index (χ0) is 22.5. The van der Waals surface area contributed by atoms with Crippen molar-refractivity contribution in [2.75, 3.05) is 7.11 Å². The maximum Gasteiger partial charge on any atom is 0.333 e. The summed E-state index contributed by atoms with van der Waals surface area (Å²) in [7, 11) is 1.34. The van der Waals surface area contributed by atoms with Gasteiger partial charge in [-0.15, -0.1) is 0 Å². The minimum absolute atomic E-state index is 0.175. The third-order valence-electron chi connectivity index (χ3n) is 5.87. The SMILES string of the molecule is CCCC[C@@H](C)C[C@H](O)C=C[C@@H]1C(CCCCCCC(=O)O)=C(C(=O)OC)C[C@H]1O. The second-order valence-electron chi connectivity index (χ2n) is 8.54. The molecule has 0 unspecified atom stereocenters. The number of unbranched alkanes of at least 4 members (excludes halogenated alkanes) is 4. The quantitative estimate of drug-likeness (QED) is 0.205. The molecule has 0 heterocycles. The van der Waals surface area contributed by atoms with Gasteiger partial charge in [0, 0.05) is 24.3 Å². The van der Waals surface area contributed by atoms with Gasteiger partial charge in [0.15, 0.2) is 0 Å². The van der Waals surface area contributed by atoms with Gasteiger partial charge in [0.25, 0.3) is 0 Å². The van der Waals surface area contributed by atoms with E-state index in [2.05, 4.69) is 13.8 Å². The number of ether oxygens (including phenoxy) is 1. The molecule has 1 aliphatic carbocycles. The molecule has 0 spiro atoms.